The number of carboxylic acid groups (broad SMARTS) is 1. The average Bonchev–Trinajstić information content (AvgIpc) is 3.23. The summed E-state index contributed by atoms with van der Waals surface area (Å²) in [5, 5.41) is 14.9. The van der Waals surface area contributed by atoms with Crippen LogP contribution in [0.2, 0.25) is 0 Å². The van der Waals surface area contributed by atoms with Crippen molar-refractivity contribution in [1.82, 2.24) is 15.2 Å². The monoisotopic (exact) mass is 374 g/mol. The molecule has 0 saturated heterocycles. The molecule has 3 N–H and O–H groups in total. The molecule has 7 nitrogen and oxygen atoms in total. The second-order valence-electron chi connectivity index (χ2n) is 7.22. The van der Waals surface area contributed by atoms with Gasteiger partial charge in [0.05, 0.1) is 22.3 Å². The summed E-state index contributed by atoms with van der Waals surface area (Å²) in [6, 6.07) is 5.79. The number of fused-ring (bicyclic) bond motifs is 1. The number of aliphatic carboxylic acids is 1. The van der Waals surface area contributed by atoms with E-state index in [0.717, 1.165) is 35.3 Å². The summed E-state index contributed by atoms with van der Waals surface area (Å²) in [4.78, 5) is 29.5. The summed E-state index contributed by atoms with van der Waals surface area (Å²) in [5.41, 5.74) is 3.46. The number of thiazole rings is 1. The number of nitrogens with one attached hydrogen (secondary N) is 2. The minimum Gasteiger partial charge on any atom is -0.480 e. The maximum Gasteiger partial charge on any atom is 0.319 e. The summed E-state index contributed by atoms with van der Waals surface area (Å²) < 4.78 is 1.04. The zero-order chi connectivity index (χ0) is 18.1. The number of aromatic nitrogens is 1. The average molecular weight is 374 g/mol. The van der Waals surface area contributed by atoms with Gasteiger partial charge in [0.1, 0.15) is 0 Å². The molecule has 0 unspecified atom stereocenters. The van der Waals surface area contributed by atoms with E-state index in [0.29, 0.717) is 5.92 Å². The summed E-state index contributed by atoms with van der Waals surface area (Å²) in [6.07, 6.45) is 4.02. The molecule has 0 radical (unpaired) electrons. The Bertz CT molecular complexity index is 814. The maximum absolute atomic E-state index is 12.2. The fourth-order valence-electron chi connectivity index (χ4n) is 3.44. The lowest BCUT2D eigenvalue weighted by atomic mass is 9.85. The summed E-state index contributed by atoms with van der Waals surface area (Å²) in [7, 11) is 0. The molecular formula is C18H22N4O3S. The molecule has 0 atom stereocenters. The lowest BCUT2D eigenvalue weighted by molar-refractivity contribution is -0.139. The molecule has 2 aromatic rings. The molecule has 1 aromatic heterocycles. The van der Waals surface area contributed by atoms with Crippen LogP contribution in [0.25, 0.3) is 10.2 Å². The van der Waals surface area contributed by atoms with Gasteiger partial charge >= 0.3 is 12.0 Å². The van der Waals surface area contributed by atoms with Crippen LogP contribution in [-0.4, -0.2) is 52.2 Å². The molecular weight excluding hydrogens is 352 g/mol. The third-order valence-corrected chi connectivity index (χ3v) is 5.87. The third kappa shape index (κ3) is 4.13. The van der Waals surface area contributed by atoms with E-state index in [1.807, 2.05) is 18.2 Å². The van der Waals surface area contributed by atoms with Crippen LogP contribution < -0.4 is 10.6 Å². The number of nitrogens with zero attached hydrogens (tertiary/aromatic N) is 2. The van der Waals surface area contributed by atoms with E-state index < -0.39 is 5.97 Å². The molecule has 26 heavy (non-hydrogen) atoms. The van der Waals surface area contributed by atoms with Gasteiger partial charge in [0.15, 0.2) is 0 Å². The Morgan fingerprint density at radius 1 is 1.31 bits per heavy atom. The highest BCUT2D eigenvalue weighted by Crippen LogP contribution is 2.33. The number of hydrogen-bond donors (Lipinski definition) is 3. The number of amides is 2. The van der Waals surface area contributed by atoms with Gasteiger partial charge in [-0.1, -0.05) is 0 Å². The Kier molecular flexibility index (Phi) is 4.78. The zero-order valence-corrected chi connectivity index (χ0v) is 15.2. The molecule has 1 aromatic carbocycles. The first kappa shape index (κ1) is 17.2. The van der Waals surface area contributed by atoms with Gasteiger partial charge in [0.2, 0.25) is 0 Å². The molecule has 0 bridgehead atoms. The molecule has 2 aliphatic rings. The van der Waals surface area contributed by atoms with Gasteiger partial charge in [-0.3, -0.25) is 9.69 Å². The summed E-state index contributed by atoms with van der Waals surface area (Å²) in [6.45, 7) is 0.958. The highest BCUT2D eigenvalue weighted by Gasteiger charge is 2.37. The Balaban J connectivity index is 1.25. The van der Waals surface area contributed by atoms with E-state index in [-0.39, 0.29) is 24.7 Å². The highest BCUT2D eigenvalue weighted by atomic mass is 32.1. The number of hydrogen-bond acceptors (Lipinski definition) is 5. The highest BCUT2D eigenvalue weighted by molar-refractivity contribution is 7.16. The van der Waals surface area contributed by atoms with Crippen LogP contribution in [0.1, 0.15) is 25.7 Å². The van der Waals surface area contributed by atoms with Crippen molar-refractivity contribution >= 4 is 39.2 Å². The number of benzene rings is 1. The van der Waals surface area contributed by atoms with Crippen molar-refractivity contribution in [2.75, 3.05) is 18.4 Å². The van der Waals surface area contributed by atoms with E-state index in [9.17, 15) is 9.59 Å². The first-order valence-corrected chi connectivity index (χ1v) is 9.81. The van der Waals surface area contributed by atoms with E-state index in [4.69, 9.17) is 5.11 Å². The van der Waals surface area contributed by atoms with Crippen LogP contribution in [0, 0.1) is 5.92 Å². The summed E-state index contributed by atoms with van der Waals surface area (Å²) in [5.74, 6) is -0.121. The number of anilines is 1. The van der Waals surface area contributed by atoms with Crippen molar-refractivity contribution in [3.8, 4) is 0 Å². The number of carbonyl (C=O) groups is 2. The van der Waals surface area contributed by atoms with E-state index in [2.05, 4.69) is 20.5 Å². The van der Waals surface area contributed by atoms with Crippen molar-refractivity contribution in [1.29, 1.82) is 0 Å². The Hall–Kier alpha value is -2.19. The second kappa shape index (κ2) is 7.20. The largest absolute Gasteiger partial charge is 0.480 e. The third-order valence-electron chi connectivity index (χ3n) is 5.08. The Labute approximate surface area is 155 Å². The van der Waals surface area contributed by atoms with Crippen molar-refractivity contribution < 1.29 is 14.7 Å². The van der Waals surface area contributed by atoms with E-state index >= 15 is 0 Å². The van der Waals surface area contributed by atoms with Gasteiger partial charge in [-0.25, -0.2) is 9.78 Å². The van der Waals surface area contributed by atoms with Crippen LogP contribution in [0.5, 0.6) is 0 Å². The maximum atomic E-state index is 12.2. The first-order chi connectivity index (χ1) is 12.6. The van der Waals surface area contributed by atoms with Crippen molar-refractivity contribution in [2.45, 2.75) is 37.8 Å². The van der Waals surface area contributed by atoms with Gasteiger partial charge in [-0.15, -0.1) is 11.3 Å². The molecule has 138 valence electrons. The number of carboxylic acids is 1. The van der Waals surface area contributed by atoms with Crippen LogP contribution in [0.15, 0.2) is 23.7 Å². The minimum absolute atomic E-state index is 0.0922. The molecule has 8 heteroatoms. The lowest BCUT2D eigenvalue weighted by Gasteiger charge is -2.42. The fourth-order valence-corrected chi connectivity index (χ4v) is 4.15. The van der Waals surface area contributed by atoms with E-state index in [1.165, 1.54) is 24.2 Å². The predicted octanol–water partition coefficient (Wildman–Crippen LogP) is 2.75. The van der Waals surface area contributed by atoms with Gasteiger partial charge in [0, 0.05) is 24.3 Å². The minimum atomic E-state index is -0.779. The topological polar surface area (TPSA) is 94.6 Å². The van der Waals surface area contributed by atoms with Gasteiger partial charge < -0.3 is 15.7 Å². The normalized spacial score (nSPS) is 22.2. The van der Waals surface area contributed by atoms with Gasteiger partial charge in [0.25, 0.3) is 0 Å². The quantitative estimate of drug-likeness (QED) is 0.693. The summed E-state index contributed by atoms with van der Waals surface area (Å²) >= 11 is 1.54. The number of carbonyl (C=O) groups excluding carboxylic acids is 1. The molecule has 1 heterocycles. The number of urea groups is 1. The SMILES string of the molecule is O=C(O)CN(CC1CC1)C1CC(NC(=O)Nc2ccc3ncsc3c2)C1. The van der Waals surface area contributed by atoms with Crippen molar-refractivity contribution in [2.24, 2.45) is 5.92 Å². The molecule has 0 aliphatic heterocycles. The van der Waals surface area contributed by atoms with Crippen molar-refractivity contribution in [3.63, 3.8) is 0 Å². The van der Waals surface area contributed by atoms with E-state index in [1.54, 1.807) is 5.51 Å². The van der Waals surface area contributed by atoms with Crippen LogP contribution >= 0.6 is 11.3 Å². The van der Waals surface area contributed by atoms with Crippen LogP contribution in [0.4, 0.5) is 10.5 Å². The first-order valence-electron chi connectivity index (χ1n) is 8.93. The second-order valence-corrected chi connectivity index (χ2v) is 8.11. The van der Waals surface area contributed by atoms with Gasteiger partial charge in [-0.2, -0.15) is 0 Å². The molecule has 2 fully saturated rings. The smallest absolute Gasteiger partial charge is 0.319 e. The molecule has 2 aliphatic carbocycles. The molecule has 4 rings (SSSR count). The molecule has 2 amide bonds. The fraction of sp³-hybridized carbons (Fsp3) is 0.500. The Morgan fingerprint density at radius 3 is 2.85 bits per heavy atom. The van der Waals surface area contributed by atoms with Crippen LogP contribution in [-0.2, 0) is 4.79 Å². The molecule has 2 saturated carbocycles. The molecule has 0 spiro atoms. The predicted molar refractivity (Wildman–Crippen MR) is 101 cm³/mol. The number of rotatable bonds is 7. The standard InChI is InChI=1S/C18H22N4O3S/c23-17(24)9-22(8-11-1-2-11)14-5-13(6-14)21-18(25)20-12-3-4-15-16(7-12)26-10-19-15/h3-4,7,10-11,13-14H,1-2,5-6,8-9H2,(H,23,24)(H2,20,21,25). The van der Waals surface area contributed by atoms with Crippen molar-refractivity contribution in [3.05, 3.63) is 23.7 Å². The zero-order valence-electron chi connectivity index (χ0n) is 14.4. The Morgan fingerprint density at radius 2 is 2.12 bits per heavy atom. The van der Waals surface area contributed by atoms with Crippen LogP contribution in [0.3, 0.4) is 0 Å². The lowest BCUT2D eigenvalue weighted by Crippen LogP contribution is -2.55. The van der Waals surface area contributed by atoms with Gasteiger partial charge in [-0.05, 0) is 49.8 Å².